The number of nitrogens with one attached hydrogen (secondary N) is 1. The van der Waals surface area contributed by atoms with Crippen molar-refractivity contribution in [1.29, 1.82) is 0 Å². The zero-order chi connectivity index (χ0) is 13.4. The maximum absolute atomic E-state index is 5.84. The largest absolute Gasteiger partial charge is 0.492 e. The first-order valence-electron chi connectivity index (χ1n) is 6.59. The summed E-state index contributed by atoms with van der Waals surface area (Å²) in [7, 11) is 1.72. The van der Waals surface area contributed by atoms with E-state index in [0.29, 0.717) is 13.2 Å². The van der Waals surface area contributed by atoms with Crippen LogP contribution in [0.15, 0.2) is 18.2 Å². The van der Waals surface area contributed by atoms with Gasteiger partial charge in [-0.1, -0.05) is 13.0 Å². The van der Waals surface area contributed by atoms with E-state index in [9.17, 15) is 0 Å². The van der Waals surface area contributed by atoms with Crippen LogP contribution >= 0.6 is 0 Å². The van der Waals surface area contributed by atoms with Gasteiger partial charge in [-0.25, -0.2) is 0 Å². The molecule has 1 aromatic rings. The van der Waals surface area contributed by atoms with E-state index in [-0.39, 0.29) is 6.04 Å². The monoisotopic (exact) mass is 251 g/mol. The summed E-state index contributed by atoms with van der Waals surface area (Å²) in [5, 5.41) is 3.42. The second kappa shape index (κ2) is 8.11. The maximum Gasteiger partial charge on any atom is 0.119 e. The van der Waals surface area contributed by atoms with E-state index < -0.39 is 0 Å². The quantitative estimate of drug-likeness (QED) is 0.770. The Hall–Kier alpha value is -1.06. The molecule has 0 saturated heterocycles. The highest BCUT2D eigenvalue weighted by Crippen LogP contribution is 2.16. The molecule has 0 aromatic heterocycles. The van der Waals surface area contributed by atoms with Crippen LogP contribution < -0.4 is 10.1 Å². The van der Waals surface area contributed by atoms with E-state index in [1.165, 1.54) is 11.1 Å². The van der Waals surface area contributed by atoms with Gasteiger partial charge < -0.3 is 14.8 Å². The molecule has 1 atom stereocenters. The van der Waals surface area contributed by atoms with Crippen LogP contribution in [0.2, 0.25) is 0 Å². The number of ether oxygens (including phenoxy) is 2. The van der Waals surface area contributed by atoms with Crippen molar-refractivity contribution in [3.63, 3.8) is 0 Å². The van der Waals surface area contributed by atoms with Gasteiger partial charge in [0.2, 0.25) is 0 Å². The third kappa shape index (κ3) is 5.52. The Bertz CT molecular complexity index is 332. The van der Waals surface area contributed by atoms with Crippen molar-refractivity contribution in [3.8, 4) is 5.75 Å². The summed E-state index contributed by atoms with van der Waals surface area (Å²) in [4.78, 5) is 0. The number of benzene rings is 1. The lowest BCUT2D eigenvalue weighted by Crippen LogP contribution is -2.38. The molecule has 3 heteroatoms. The second-order valence-electron chi connectivity index (χ2n) is 4.74. The first-order chi connectivity index (χ1) is 8.65. The van der Waals surface area contributed by atoms with E-state index in [0.717, 1.165) is 18.7 Å². The van der Waals surface area contributed by atoms with Crippen molar-refractivity contribution in [2.45, 2.75) is 33.2 Å². The molecule has 18 heavy (non-hydrogen) atoms. The van der Waals surface area contributed by atoms with Crippen molar-refractivity contribution < 1.29 is 9.47 Å². The minimum atomic E-state index is 0.246. The van der Waals surface area contributed by atoms with E-state index in [4.69, 9.17) is 9.47 Å². The van der Waals surface area contributed by atoms with E-state index in [2.05, 4.69) is 44.3 Å². The predicted molar refractivity (Wildman–Crippen MR) is 75.4 cm³/mol. The van der Waals surface area contributed by atoms with Crippen LogP contribution in [0.3, 0.4) is 0 Å². The first kappa shape index (κ1) is 15.0. The second-order valence-corrected chi connectivity index (χ2v) is 4.74. The molecule has 0 aliphatic rings. The van der Waals surface area contributed by atoms with Crippen LogP contribution in [0, 0.1) is 13.8 Å². The smallest absolute Gasteiger partial charge is 0.119 e. The summed E-state index contributed by atoms with van der Waals surface area (Å²) in [6, 6.07) is 6.53. The lowest BCUT2D eigenvalue weighted by Gasteiger charge is -2.18. The Morgan fingerprint density at radius 3 is 2.33 bits per heavy atom. The Labute approximate surface area is 110 Å². The van der Waals surface area contributed by atoms with Gasteiger partial charge >= 0.3 is 0 Å². The summed E-state index contributed by atoms with van der Waals surface area (Å²) in [6.07, 6.45) is 1.11. The molecule has 0 spiro atoms. The molecule has 0 amide bonds. The highest BCUT2D eigenvalue weighted by atomic mass is 16.5. The minimum Gasteiger partial charge on any atom is -0.492 e. The molecule has 3 nitrogen and oxygen atoms in total. The van der Waals surface area contributed by atoms with Crippen LogP contribution in [0.5, 0.6) is 5.75 Å². The van der Waals surface area contributed by atoms with Gasteiger partial charge in [0.05, 0.1) is 12.6 Å². The van der Waals surface area contributed by atoms with Crippen molar-refractivity contribution in [3.05, 3.63) is 29.3 Å². The minimum absolute atomic E-state index is 0.246. The fourth-order valence-electron chi connectivity index (χ4n) is 1.93. The normalized spacial score (nSPS) is 12.4. The molecule has 1 N–H and O–H groups in total. The van der Waals surface area contributed by atoms with Gasteiger partial charge in [-0.2, -0.15) is 0 Å². The summed E-state index contributed by atoms with van der Waals surface area (Å²) < 4.78 is 11.0. The summed E-state index contributed by atoms with van der Waals surface area (Å²) in [6.45, 7) is 8.62. The van der Waals surface area contributed by atoms with Gasteiger partial charge in [0.25, 0.3) is 0 Å². The van der Waals surface area contributed by atoms with Crippen LogP contribution in [0.25, 0.3) is 0 Å². The molecule has 0 heterocycles. The predicted octanol–water partition coefficient (Wildman–Crippen LogP) is 2.70. The number of aryl methyl sites for hydroxylation is 2. The zero-order valence-electron chi connectivity index (χ0n) is 12.0. The summed E-state index contributed by atoms with van der Waals surface area (Å²) >= 11 is 0. The molecule has 1 aromatic carbocycles. The molecule has 1 unspecified atom stereocenters. The lowest BCUT2D eigenvalue weighted by molar-refractivity contribution is 0.136. The molecule has 0 bridgehead atoms. The number of hydrogen-bond acceptors (Lipinski definition) is 3. The average molecular weight is 251 g/mol. The van der Waals surface area contributed by atoms with Crippen LogP contribution in [0.1, 0.15) is 24.5 Å². The Kier molecular flexibility index (Phi) is 6.76. The van der Waals surface area contributed by atoms with Gasteiger partial charge in [-0.3, -0.25) is 0 Å². The molecule has 102 valence electrons. The Morgan fingerprint density at radius 1 is 1.11 bits per heavy atom. The van der Waals surface area contributed by atoms with Gasteiger partial charge in [-0.05, 0) is 50.1 Å². The van der Waals surface area contributed by atoms with Crippen molar-refractivity contribution >= 4 is 0 Å². The molecule has 0 saturated carbocycles. The number of rotatable bonds is 8. The third-order valence-corrected chi connectivity index (χ3v) is 2.70. The molecular formula is C15H25NO2. The highest BCUT2D eigenvalue weighted by Gasteiger charge is 2.08. The summed E-state index contributed by atoms with van der Waals surface area (Å²) in [5.74, 6) is 0.937. The van der Waals surface area contributed by atoms with Gasteiger partial charge in [0.15, 0.2) is 0 Å². The fraction of sp³-hybridized carbons (Fsp3) is 0.600. The molecule has 0 radical (unpaired) electrons. The van der Waals surface area contributed by atoms with E-state index in [1.807, 2.05) is 0 Å². The average Bonchev–Trinajstić information content (AvgIpc) is 2.31. The maximum atomic E-state index is 5.84. The lowest BCUT2D eigenvalue weighted by atomic mass is 10.1. The van der Waals surface area contributed by atoms with Crippen LogP contribution in [0.4, 0.5) is 0 Å². The molecule has 0 fully saturated rings. The van der Waals surface area contributed by atoms with Crippen molar-refractivity contribution in [2.75, 3.05) is 26.9 Å². The van der Waals surface area contributed by atoms with Gasteiger partial charge in [0.1, 0.15) is 12.4 Å². The van der Waals surface area contributed by atoms with Crippen molar-refractivity contribution in [2.24, 2.45) is 0 Å². The number of methoxy groups -OCH3 is 1. The fourth-order valence-corrected chi connectivity index (χ4v) is 1.93. The standard InChI is InChI=1S/C15H25NO2/c1-5-6-16-14(10-17-4)11-18-15-8-12(2)7-13(3)9-15/h7-9,14,16H,5-6,10-11H2,1-4H3. The van der Waals surface area contributed by atoms with E-state index >= 15 is 0 Å². The molecule has 1 rings (SSSR count). The van der Waals surface area contributed by atoms with Gasteiger partial charge in [0, 0.05) is 7.11 Å². The zero-order valence-corrected chi connectivity index (χ0v) is 12.0. The topological polar surface area (TPSA) is 30.5 Å². The first-order valence-corrected chi connectivity index (χ1v) is 6.59. The van der Waals surface area contributed by atoms with Gasteiger partial charge in [-0.15, -0.1) is 0 Å². The molecule has 0 aliphatic heterocycles. The molecular weight excluding hydrogens is 226 g/mol. The number of hydrogen-bond donors (Lipinski definition) is 1. The molecule has 0 aliphatic carbocycles. The van der Waals surface area contributed by atoms with E-state index in [1.54, 1.807) is 7.11 Å². The highest BCUT2D eigenvalue weighted by molar-refractivity contribution is 5.32. The Morgan fingerprint density at radius 2 is 1.78 bits per heavy atom. The SMILES string of the molecule is CCCNC(COC)COc1cc(C)cc(C)c1. The van der Waals surface area contributed by atoms with Crippen molar-refractivity contribution in [1.82, 2.24) is 5.32 Å². The summed E-state index contributed by atoms with van der Waals surface area (Å²) in [5.41, 5.74) is 2.46. The van der Waals surface area contributed by atoms with Crippen LogP contribution in [-0.2, 0) is 4.74 Å². The third-order valence-electron chi connectivity index (χ3n) is 2.70. The van der Waals surface area contributed by atoms with Crippen LogP contribution in [-0.4, -0.2) is 32.9 Å². The Balaban J connectivity index is 2.49.